The molecule has 0 unspecified atom stereocenters. The first kappa shape index (κ1) is 14.8. The highest BCUT2D eigenvalue weighted by Gasteiger charge is 2.05. The van der Waals surface area contributed by atoms with Gasteiger partial charge in [-0.2, -0.15) is 4.98 Å². The van der Waals surface area contributed by atoms with Crippen LogP contribution in [0.2, 0.25) is 0 Å². The minimum Gasteiger partial charge on any atom is -0.478 e. The van der Waals surface area contributed by atoms with Crippen LogP contribution in [0.4, 0.5) is 0 Å². The van der Waals surface area contributed by atoms with Crippen molar-refractivity contribution in [3.05, 3.63) is 18.0 Å². The van der Waals surface area contributed by atoms with Crippen molar-refractivity contribution in [2.75, 3.05) is 6.61 Å². The van der Waals surface area contributed by atoms with E-state index in [9.17, 15) is 0 Å². The number of hydrogen-bond donors (Lipinski definition) is 1. The highest BCUT2D eigenvalue weighted by Crippen LogP contribution is 2.16. The molecule has 0 amide bonds. The van der Waals surface area contributed by atoms with Crippen molar-refractivity contribution in [2.45, 2.75) is 58.8 Å². The molecule has 0 aliphatic heterocycles. The van der Waals surface area contributed by atoms with E-state index in [1.165, 1.54) is 38.5 Å². The molecule has 0 saturated heterocycles. The van der Waals surface area contributed by atoms with E-state index in [4.69, 9.17) is 4.74 Å². The molecule has 0 aliphatic carbocycles. The molecule has 2 heterocycles. The van der Waals surface area contributed by atoms with Gasteiger partial charge in [0.15, 0.2) is 5.65 Å². The van der Waals surface area contributed by atoms with Gasteiger partial charge < -0.3 is 9.72 Å². The van der Waals surface area contributed by atoms with Crippen LogP contribution >= 0.6 is 0 Å². The number of rotatable bonds is 9. The number of nitrogens with zero attached hydrogens (tertiary/aromatic N) is 2. The van der Waals surface area contributed by atoms with E-state index < -0.39 is 0 Å². The second-order valence-corrected chi connectivity index (χ2v) is 5.15. The summed E-state index contributed by atoms with van der Waals surface area (Å²) in [4.78, 5) is 12.3. The molecule has 0 aliphatic rings. The Morgan fingerprint density at radius 3 is 2.60 bits per heavy atom. The molecule has 110 valence electrons. The van der Waals surface area contributed by atoms with E-state index in [1.54, 1.807) is 0 Å². The maximum Gasteiger partial charge on any atom is 0.215 e. The Hall–Kier alpha value is -1.58. The van der Waals surface area contributed by atoms with Crippen molar-refractivity contribution in [1.82, 2.24) is 15.0 Å². The lowest BCUT2D eigenvalue weighted by Gasteiger charge is -1.99. The van der Waals surface area contributed by atoms with Gasteiger partial charge in [-0.05, 0) is 19.4 Å². The Bertz CT molecular complexity index is 521. The number of aromatic nitrogens is 3. The van der Waals surface area contributed by atoms with Crippen molar-refractivity contribution in [2.24, 2.45) is 0 Å². The quantitative estimate of drug-likeness (QED) is 0.696. The van der Waals surface area contributed by atoms with Crippen LogP contribution in [0.5, 0.6) is 5.88 Å². The van der Waals surface area contributed by atoms with Crippen molar-refractivity contribution in [1.29, 1.82) is 0 Å². The zero-order valence-electron chi connectivity index (χ0n) is 12.6. The lowest BCUT2D eigenvalue weighted by molar-refractivity contribution is 0.328. The molecule has 0 fully saturated rings. The normalized spacial score (nSPS) is 11.1. The first-order valence-electron chi connectivity index (χ1n) is 7.82. The first-order chi connectivity index (χ1) is 9.83. The molecule has 0 atom stereocenters. The predicted molar refractivity (Wildman–Crippen MR) is 82.1 cm³/mol. The number of pyridine rings is 1. The monoisotopic (exact) mass is 275 g/mol. The number of aryl methyl sites for hydroxylation is 1. The van der Waals surface area contributed by atoms with E-state index in [2.05, 4.69) is 21.9 Å². The number of unbranched alkanes of at least 4 members (excludes halogenated alkanes) is 5. The number of imidazole rings is 1. The van der Waals surface area contributed by atoms with Gasteiger partial charge in [-0.3, -0.25) is 0 Å². The van der Waals surface area contributed by atoms with E-state index in [-0.39, 0.29) is 0 Å². The Morgan fingerprint density at radius 1 is 1.00 bits per heavy atom. The highest BCUT2D eigenvalue weighted by atomic mass is 16.5. The molecule has 2 aromatic rings. The molecule has 0 bridgehead atoms. The third-order valence-electron chi connectivity index (χ3n) is 3.43. The molecular formula is C16H25N3O. The van der Waals surface area contributed by atoms with Gasteiger partial charge in [-0.15, -0.1) is 0 Å². The van der Waals surface area contributed by atoms with Gasteiger partial charge >= 0.3 is 0 Å². The summed E-state index contributed by atoms with van der Waals surface area (Å²) in [6.45, 7) is 4.84. The number of hydrogen-bond acceptors (Lipinski definition) is 3. The summed E-state index contributed by atoms with van der Waals surface area (Å²) >= 11 is 0. The summed E-state index contributed by atoms with van der Waals surface area (Å²) in [5.41, 5.74) is 1.76. The molecule has 0 aromatic carbocycles. The summed E-state index contributed by atoms with van der Waals surface area (Å²) in [7, 11) is 0. The molecule has 4 nitrogen and oxygen atoms in total. The number of fused-ring (bicyclic) bond motifs is 1. The molecule has 2 rings (SSSR count). The van der Waals surface area contributed by atoms with Gasteiger partial charge in [0.25, 0.3) is 0 Å². The Kier molecular flexibility index (Phi) is 5.84. The summed E-state index contributed by atoms with van der Waals surface area (Å²) in [5, 5.41) is 0. The maximum atomic E-state index is 5.39. The van der Waals surface area contributed by atoms with Gasteiger partial charge in [0, 0.05) is 12.5 Å². The summed E-state index contributed by atoms with van der Waals surface area (Å²) in [5.74, 6) is 1.69. The standard InChI is InChI=1S/C16H25N3O/c1-3-5-6-7-8-9-10-14-17-13-11-12-15(20-4-2)19-16(13)18-14/h11-12H,3-10H2,1-2H3,(H,17,18,19). The molecule has 2 aromatic heterocycles. The number of H-pyrrole nitrogens is 1. The number of ether oxygens (including phenoxy) is 1. The van der Waals surface area contributed by atoms with Crippen LogP contribution in [0.25, 0.3) is 11.2 Å². The van der Waals surface area contributed by atoms with Gasteiger partial charge in [0.05, 0.1) is 12.1 Å². The summed E-state index contributed by atoms with van der Waals surface area (Å²) in [6, 6.07) is 3.88. The zero-order chi connectivity index (χ0) is 14.2. The first-order valence-corrected chi connectivity index (χ1v) is 7.82. The smallest absolute Gasteiger partial charge is 0.215 e. The fourth-order valence-electron chi connectivity index (χ4n) is 2.34. The van der Waals surface area contributed by atoms with Crippen molar-refractivity contribution >= 4 is 11.2 Å². The number of nitrogens with one attached hydrogen (secondary N) is 1. The average Bonchev–Trinajstić information content (AvgIpc) is 2.85. The van der Waals surface area contributed by atoms with Gasteiger partial charge in [0.1, 0.15) is 5.82 Å². The van der Waals surface area contributed by atoms with Crippen LogP contribution < -0.4 is 4.74 Å². The van der Waals surface area contributed by atoms with E-state index >= 15 is 0 Å². The third kappa shape index (κ3) is 4.22. The predicted octanol–water partition coefficient (Wildman–Crippen LogP) is 4.26. The molecular weight excluding hydrogens is 250 g/mol. The minimum atomic E-state index is 0.632. The highest BCUT2D eigenvalue weighted by molar-refractivity contribution is 5.71. The van der Waals surface area contributed by atoms with Gasteiger partial charge in [-0.1, -0.05) is 39.0 Å². The van der Waals surface area contributed by atoms with E-state index in [0.717, 1.165) is 23.4 Å². The minimum absolute atomic E-state index is 0.632. The maximum absolute atomic E-state index is 5.39. The molecule has 0 radical (unpaired) electrons. The lowest BCUT2D eigenvalue weighted by Crippen LogP contribution is -1.93. The lowest BCUT2D eigenvalue weighted by atomic mass is 10.1. The van der Waals surface area contributed by atoms with Crippen LogP contribution in [0.15, 0.2) is 12.1 Å². The fourth-order valence-corrected chi connectivity index (χ4v) is 2.34. The molecule has 0 saturated carbocycles. The second kappa shape index (κ2) is 7.88. The van der Waals surface area contributed by atoms with Gasteiger partial charge in [-0.25, -0.2) is 4.98 Å². The van der Waals surface area contributed by atoms with E-state index in [0.29, 0.717) is 12.5 Å². The molecule has 20 heavy (non-hydrogen) atoms. The SMILES string of the molecule is CCCCCCCCc1nc2nc(OCC)ccc2[nH]1. The van der Waals surface area contributed by atoms with Gasteiger partial charge in [0.2, 0.25) is 5.88 Å². The third-order valence-corrected chi connectivity index (χ3v) is 3.43. The summed E-state index contributed by atoms with van der Waals surface area (Å²) in [6.07, 6.45) is 8.84. The Balaban J connectivity index is 1.84. The van der Waals surface area contributed by atoms with Crippen LogP contribution in [0, 0.1) is 0 Å². The van der Waals surface area contributed by atoms with Crippen molar-refractivity contribution in [3.63, 3.8) is 0 Å². The largest absolute Gasteiger partial charge is 0.478 e. The van der Waals surface area contributed by atoms with Crippen molar-refractivity contribution in [3.8, 4) is 5.88 Å². The summed E-state index contributed by atoms with van der Waals surface area (Å²) < 4.78 is 5.39. The van der Waals surface area contributed by atoms with Crippen LogP contribution in [0.1, 0.15) is 58.2 Å². The zero-order valence-corrected chi connectivity index (χ0v) is 12.6. The topological polar surface area (TPSA) is 50.8 Å². The average molecular weight is 275 g/mol. The second-order valence-electron chi connectivity index (χ2n) is 5.15. The van der Waals surface area contributed by atoms with Crippen LogP contribution in [-0.4, -0.2) is 21.6 Å². The fraction of sp³-hybridized carbons (Fsp3) is 0.625. The van der Waals surface area contributed by atoms with Crippen LogP contribution in [-0.2, 0) is 6.42 Å². The Morgan fingerprint density at radius 2 is 1.80 bits per heavy atom. The molecule has 4 heteroatoms. The number of aromatic amines is 1. The molecule has 1 N–H and O–H groups in total. The molecule has 0 spiro atoms. The van der Waals surface area contributed by atoms with Crippen molar-refractivity contribution < 1.29 is 4.74 Å². The van der Waals surface area contributed by atoms with E-state index in [1.807, 2.05) is 19.1 Å². The van der Waals surface area contributed by atoms with Crippen LogP contribution in [0.3, 0.4) is 0 Å². The Labute approximate surface area is 121 Å².